The third-order valence-corrected chi connectivity index (χ3v) is 5.04. The molecule has 0 bridgehead atoms. The van der Waals surface area contributed by atoms with Crippen LogP contribution in [0.15, 0.2) is 18.3 Å². The number of aryl methyl sites for hydroxylation is 2. The third-order valence-electron chi connectivity index (χ3n) is 5.04. The number of anilines is 2. The van der Waals surface area contributed by atoms with E-state index in [1.165, 1.54) is 0 Å². The second kappa shape index (κ2) is 8.39. The zero-order valence-corrected chi connectivity index (χ0v) is 16.6. The first-order chi connectivity index (χ1) is 13.4. The van der Waals surface area contributed by atoms with Crippen molar-refractivity contribution in [1.82, 2.24) is 19.7 Å². The number of carbonyl (C=O) groups excluding carboxylic acids is 2. The topological polar surface area (TPSA) is 109 Å². The van der Waals surface area contributed by atoms with Crippen LogP contribution in [0.3, 0.4) is 0 Å². The Balaban J connectivity index is 1.57. The Morgan fingerprint density at radius 1 is 1.21 bits per heavy atom. The highest BCUT2D eigenvalue weighted by atomic mass is 16.2. The van der Waals surface area contributed by atoms with Crippen molar-refractivity contribution >= 4 is 23.3 Å². The summed E-state index contributed by atoms with van der Waals surface area (Å²) in [6.45, 7) is 9.73. The van der Waals surface area contributed by atoms with Gasteiger partial charge in [0.1, 0.15) is 5.82 Å². The highest BCUT2D eigenvalue weighted by molar-refractivity contribution is 5.97. The molecule has 1 fully saturated rings. The summed E-state index contributed by atoms with van der Waals surface area (Å²) in [5.74, 6) is 0.0755. The van der Waals surface area contributed by atoms with Gasteiger partial charge in [-0.3, -0.25) is 19.2 Å². The number of nitrogens with zero attached hydrogens (tertiary/aromatic N) is 5. The lowest BCUT2D eigenvalue weighted by molar-refractivity contribution is -0.117. The van der Waals surface area contributed by atoms with E-state index in [0.717, 1.165) is 23.6 Å². The molecule has 0 radical (unpaired) electrons. The molecule has 9 nitrogen and oxygen atoms in total. The molecule has 0 saturated carbocycles. The molecule has 3 N–H and O–H groups in total. The maximum Gasteiger partial charge on any atom is 0.252 e. The number of hydrogen-bond acceptors (Lipinski definition) is 6. The van der Waals surface area contributed by atoms with E-state index < -0.39 is 5.91 Å². The SMILES string of the molecule is CCn1nc(C)c(NC(=O)CN2CCN(c3ncccc3C(N)=O)CC2)c1C. The monoisotopic (exact) mass is 385 g/mol. The summed E-state index contributed by atoms with van der Waals surface area (Å²) in [6.07, 6.45) is 1.66. The molecule has 2 amide bonds. The average Bonchev–Trinajstić information content (AvgIpc) is 2.96. The van der Waals surface area contributed by atoms with Crippen LogP contribution in [0.4, 0.5) is 11.5 Å². The van der Waals surface area contributed by atoms with E-state index in [1.54, 1.807) is 18.3 Å². The lowest BCUT2D eigenvalue weighted by Crippen LogP contribution is -2.49. The van der Waals surface area contributed by atoms with E-state index in [-0.39, 0.29) is 5.91 Å². The summed E-state index contributed by atoms with van der Waals surface area (Å²) in [5.41, 5.74) is 8.46. The number of rotatable bonds is 6. The smallest absolute Gasteiger partial charge is 0.252 e. The molecule has 1 aliphatic heterocycles. The summed E-state index contributed by atoms with van der Waals surface area (Å²) in [4.78, 5) is 32.6. The summed E-state index contributed by atoms with van der Waals surface area (Å²) >= 11 is 0. The first kappa shape index (κ1) is 19.8. The third kappa shape index (κ3) is 4.14. The van der Waals surface area contributed by atoms with Crippen LogP contribution in [-0.4, -0.2) is 64.2 Å². The van der Waals surface area contributed by atoms with Crippen molar-refractivity contribution in [1.29, 1.82) is 0 Å². The molecule has 150 valence electrons. The van der Waals surface area contributed by atoms with Crippen LogP contribution in [0, 0.1) is 13.8 Å². The summed E-state index contributed by atoms with van der Waals surface area (Å²) < 4.78 is 1.88. The van der Waals surface area contributed by atoms with E-state index in [4.69, 9.17) is 5.73 Å². The second-order valence-corrected chi connectivity index (χ2v) is 6.91. The molecule has 3 rings (SSSR count). The van der Waals surface area contributed by atoms with Crippen LogP contribution < -0.4 is 16.0 Å². The van der Waals surface area contributed by atoms with Crippen LogP contribution in [0.5, 0.6) is 0 Å². The molecule has 3 heterocycles. The Morgan fingerprint density at radius 3 is 2.54 bits per heavy atom. The molecule has 0 atom stereocenters. The fourth-order valence-corrected chi connectivity index (χ4v) is 3.53. The molecular weight excluding hydrogens is 358 g/mol. The fraction of sp³-hybridized carbons (Fsp3) is 0.474. The number of amides is 2. The number of aromatic nitrogens is 3. The zero-order valence-electron chi connectivity index (χ0n) is 16.6. The zero-order chi connectivity index (χ0) is 20.3. The van der Waals surface area contributed by atoms with Crippen molar-refractivity contribution in [3.63, 3.8) is 0 Å². The molecule has 0 aliphatic carbocycles. The van der Waals surface area contributed by atoms with Crippen LogP contribution in [0.2, 0.25) is 0 Å². The van der Waals surface area contributed by atoms with Crippen molar-refractivity contribution < 1.29 is 9.59 Å². The standard InChI is InChI=1S/C19H27N7O2/c1-4-26-14(3)17(13(2)23-26)22-16(27)12-24-8-10-25(11-9-24)19-15(18(20)28)6-5-7-21-19/h5-7H,4,8-12H2,1-3H3,(H2,20,28)(H,22,27). The molecule has 0 spiro atoms. The second-order valence-electron chi connectivity index (χ2n) is 6.91. The molecule has 28 heavy (non-hydrogen) atoms. The largest absolute Gasteiger partial charge is 0.365 e. The first-order valence-electron chi connectivity index (χ1n) is 9.46. The van der Waals surface area contributed by atoms with E-state index in [0.29, 0.717) is 44.1 Å². The van der Waals surface area contributed by atoms with Gasteiger partial charge < -0.3 is 16.0 Å². The van der Waals surface area contributed by atoms with Gasteiger partial charge in [-0.25, -0.2) is 4.98 Å². The summed E-state index contributed by atoms with van der Waals surface area (Å²) in [6, 6.07) is 3.39. The minimum absolute atomic E-state index is 0.0500. The average molecular weight is 385 g/mol. The molecule has 1 aliphatic rings. The summed E-state index contributed by atoms with van der Waals surface area (Å²) in [5, 5.41) is 7.43. The highest BCUT2D eigenvalue weighted by Crippen LogP contribution is 2.20. The number of pyridine rings is 1. The Morgan fingerprint density at radius 2 is 1.93 bits per heavy atom. The van der Waals surface area contributed by atoms with E-state index in [2.05, 4.69) is 20.3 Å². The van der Waals surface area contributed by atoms with Gasteiger partial charge in [0, 0.05) is 38.9 Å². The van der Waals surface area contributed by atoms with Crippen LogP contribution in [0.1, 0.15) is 28.7 Å². The Kier molecular flexibility index (Phi) is 5.93. The number of nitrogens with one attached hydrogen (secondary N) is 1. The molecule has 0 aromatic carbocycles. The molecule has 1 saturated heterocycles. The lowest BCUT2D eigenvalue weighted by atomic mass is 10.2. The van der Waals surface area contributed by atoms with E-state index >= 15 is 0 Å². The van der Waals surface area contributed by atoms with Gasteiger partial charge >= 0.3 is 0 Å². The number of nitrogens with two attached hydrogens (primary N) is 1. The number of hydrogen-bond donors (Lipinski definition) is 2. The van der Waals surface area contributed by atoms with Crippen LogP contribution >= 0.6 is 0 Å². The summed E-state index contributed by atoms with van der Waals surface area (Å²) in [7, 11) is 0. The quantitative estimate of drug-likeness (QED) is 0.760. The van der Waals surface area contributed by atoms with Crippen molar-refractivity contribution in [2.24, 2.45) is 5.73 Å². The Bertz CT molecular complexity index is 869. The van der Waals surface area contributed by atoms with Crippen LogP contribution in [0.25, 0.3) is 0 Å². The van der Waals surface area contributed by atoms with Gasteiger partial charge in [0.05, 0.1) is 29.2 Å². The van der Waals surface area contributed by atoms with Crippen LogP contribution in [-0.2, 0) is 11.3 Å². The van der Waals surface area contributed by atoms with Gasteiger partial charge in [-0.05, 0) is 32.9 Å². The number of primary amides is 1. The van der Waals surface area contributed by atoms with Gasteiger partial charge in [0.25, 0.3) is 5.91 Å². The molecule has 9 heteroatoms. The van der Waals surface area contributed by atoms with Gasteiger partial charge in [0.15, 0.2) is 0 Å². The van der Waals surface area contributed by atoms with Crippen molar-refractivity contribution in [2.75, 3.05) is 42.9 Å². The predicted octanol–water partition coefficient (Wildman–Crippen LogP) is 0.774. The van der Waals surface area contributed by atoms with Crippen molar-refractivity contribution in [3.8, 4) is 0 Å². The van der Waals surface area contributed by atoms with Gasteiger partial charge in [-0.2, -0.15) is 5.10 Å². The normalized spacial score (nSPS) is 14.9. The van der Waals surface area contributed by atoms with Crippen molar-refractivity contribution in [3.05, 3.63) is 35.3 Å². The predicted molar refractivity (Wildman–Crippen MR) is 107 cm³/mol. The maximum atomic E-state index is 12.5. The number of piperazine rings is 1. The fourth-order valence-electron chi connectivity index (χ4n) is 3.53. The number of carbonyl (C=O) groups is 2. The Labute approximate surface area is 164 Å². The van der Waals surface area contributed by atoms with E-state index in [9.17, 15) is 9.59 Å². The first-order valence-corrected chi connectivity index (χ1v) is 9.46. The molecular formula is C19H27N7O2. The molecule has 2 aromatic heterocycles. The molecule has 2 aromatic rings. The van der Waals surface area contributed by atoms with Crippen molar-refractivity contribution in [2.45, 2.75) is 27.3 Å². The van der Waals surface area contributed by atoms with Gasteiger partial charge in [-0.1, -0.05) is 0 Å². The molecule has 0 unspecified atom stereocenters. The van der Waals surface area contributed by atoms with E-state index in [1.807, 2.05) is 30.4 Å². The van der Waals surface area contributed by atoms with Gasteiger partial charge in [0.2, 0.25) is 5.91 Å². The minimum Gasteiger partial charge on any atom is -0.365 e. The lowest BCUT2D eigenvalue weighted by Gasteiger charge is -2.35. The highest BCUT2D eigenvalue weighted by Gasteiger charge is 2.23. The maximum absolute atomic E-state index is 12.5. The van der Waals surface area contributed by atoms with Gasteiger partial charge in [-0.15, -0.1) is 0 Å². The Hall–Kier alpha value is -2.94. The minimum atomic E-state index is -0.483.